The standard InChI is InChI=1S/C14H25N5/c1-10(2)18-8-5-11(6-9-18)13-16-14-12(15)4-3-7-19(14)17-13/h10-12H,3-9,15H2,1-2H3. The summed E-state index contributed by atoms with van der Waals surface area (Å²) in [6.07, 6.45) is 4.53. The van der Waals surface area contributed by atoms with Gasteiger partial charge in [-0.2, -0.15) is 5.10 Å². The Morgan fingerprint density at radius 2 is 1.89 bits per heavy atom. The minimum atomic E-state index is 0.0887. The van der Waals surface area contributed by atoms with Crippen LogP contribution in [0, 0.1) is 0 Å². The van der Waals surface area contributed by atoms with E-state index in [1.54, 1.807) is 0 Å². The van der Waals surface area contributed by atoms with E-state index in [1.807, 2.05) is 4.68 Å². The molecule has 1 unspecified atom stereocenters. The molecule has 19 heavy (non-hydrogen) atoms. The molecule has 0 aromatic carbocycles. The number of hydrogen-bond donors (Lipinski definition) is 1. The highest BCUT2D eigenvalue weighted by Crippen LogP contribution is 2.29. The van der Waals surface area contributed by atoms with E-state index >= 15 is 0 Å². The van der Waals surface area contributed by atoms with Gasteiger partial charge in [0.1, 0.15) is 5.82 Å². The maximum absolute atomic E-state index is 6.12. The van der Waals surface area contributed by atoms with E-state index < -0.39 is 0 Å². The van der Waals surface area contributed by atoms with Crippen molar-refractivity contribution in [2.75, 3.05) is 13.1 Å². The van der Waals surface area contributed by atoms with Crippen molar-refractivity contribution in [1.82, 2.24) is 19.7 Å². The van der Waals surface area contributed by atoms with Crippen LogP contribution in [0.3, 0.4) is 0 Å². The molecule has 2 N–H and O–H groups in total. The third kappa shape index (κ3) is 2.54. The molecule has 106 valence electrons. The van der Waals surface area contributed by atoms with Gasteiger partial charge in [-0.25, -0.2) is 9.67 Å². The zero-order valence-corrected chi connectivity index (χ0v) is 12.0. The van der Waals surface area contributed by atoms with Crippen molar-refractivity contribution in [2.45, 2.75) is 64.1 Å². The number of nitrogens with two attached hydrogens (primary N) is 1. The molecular formula is C14H25N5. The van der Waals surface area contributed by atoms with Crippen molar-refractivity contribution < 1.29 is 0 Å². The molecule has 0 amide bonds. The Morgan fingerprint density at radius 1 is 1.16 bits per heavy atom. The molecule has 0 radical (unpaired) electrons. The predicted molar refractivity (Wildman–Crippen MR) is 74.9 cm³/mol. The SMILES string of the molecule is CC(C)N1CCC(c2nc3n(n2)CCCC3N)CC1. The van der Waals surface area contributed by atoms with Crippen LogP contribution in [0.2, 0.25) is 0 Å². The van der Waals surface area contributed by atoms with Gasteiger partial charge in [-0.05, 0) is 52.6 Å². The lowest BCUT2D eigenvalue weighted by molar-refractivity contribution is 0.169. The maximum Gasteiger partial charge on any atom is 0.154 e. The summed E-state index contributed by atoms with van der Waals surface area (Å²) < 4.78 is 2.04. The van der Waals surface area contributed by atoms with Crippen LogP contribution in [-0.2, 0) is 6.54 Å². The van der Waals surface area contributed by atoms with Crippen LogP contribution in [-0.4, -0.2) is 38.8 Å². The fourth-order valence-corrected chi connectivity index (χ4v) is 3.25. The van der Waals surface area contributed by atoms with Crippen LogP contribution in [0.25, 0.3) is 0 Å². The highest BCUT2D eigenvalue weighted by Gasteiger charge is 2.28. The molecular weight excluding hydrogens is 238 g/mol. The first-order chi connectivity index (χ1) is 9.15. The van der Waals surface area contributed by atoms with E-state index in [9.17, 15) is 0 Å². The monoisotopic (exact) mass is 263 g/mol. The average molecular weight is 263 g/mol. The lowest BCUT2D eigenvalue weighted by Gasteiger charge is -2.33. The summed E-state index contributed by atoms with van der Waals surface area (Å²) in [5.74, 6) is 2.57. The van der Waals surface area contributed by atoms with Gasteiger partial charge in [0.25, 0.3) is 0 Å². The Hall–Kier alpha value is -0.940. The zero-order valence-electron chi connectivity index (χ0n) is 12.0. The summed E-state index contributed by atoms with van der Waals surface area (Å²) in [4.78, 5) is 7.27. The van der Waals surface area contributed by atoms with Crippen LogP contribution in [0.5, 0.6) is 0 Å². The van der Waals surface area contributed by atoms with Gasteiger partial charge in [0.05, 0.1) is 6.04 Å². The minimum absolute atomic E-state index is 0.0887. The summed E-state index contributed by atoms with van der Waals surface area (Å²) in [5.41, 5.74) is 6.12. The number of aryl methyl sites for hydroxylation is 1. The molecule has 3 rings (SSSR count). The van der Waals surface area contributed by atoms with Crippen LogP contribution >= 0.6 is 0 Å². The molecule has 2 aliphatic rings. The Bertz CT molecular complexity index is 431. The molecule has 1 aromatic rings. The van der Waals surface area contributed by atoms with Crippen LogP contribution in [0.15, 0.2) is 0 Å². The predicted octanol–water partition coefficient (Wildman–Crippen LogP) is 1.66. The van der Waals surface area contributed by atoms with Gasteiger partial charge in [0.15, 0.2) is 5.82 Å². The van der Waals surface area contributed by atoms with E-state index in [0.717, 1.165) is 44.1 Å². The number of likely N-dealkylation sites (tertiary alicyclic amines) is 1. The van der Waals surface area contributed by atoms with Gasteiger partial charge in [-0.1, -0.05) is 0 Å². The normalized spacial score (nSPS) is 25.8. The molecule has 0 aliphatic carbocycles. The summed E-state index contributed by atoms with van der Waals surface area (Å²) in [5, 5.41) is 4.70. The minimum Gasteiger partial charge on any atom is -0.321 e. The van der Waals surface area contributed by atoms with Crippen molar-refractivity contribution in [3.63, 3.8) is 0 Å². The number of aromatic nitrogens is 3. The zero-order chi connectivity index (χ0) is 13.4. The molecule has 0 bridgehead atoms. The van der Waals surface area contributed by atoms with Gasteiger partial charge < -0.3 is 10.6 Å². The summed E-state index contributed by atoms with van der Waals surface area (Å²) in [7, 11) is 0. The Morgan fingerprint density at radius 3 is 2.53 bits per heavy atom. The molecule has 5 heteroatoms. The molecule has 1 fully saturated rings. The number of nitrogens with zero attached hydrogens (tertiary/aromatic N) is 4. The first-order valence-corrected chi connectivity index (χ1v) is 7.59. The van der Waals surface area contributed by atoms with E-state index in [2.05, 4.69) is 18.7 Å². The second kappa shape index (κ2) is 5.21. The van der Waals surface area contributed by atoms with Crippen LogP contribution in [0.4, 0.5) is 0 Å². The third-order valence-electron chi connectivity index (χ3n) is 4.56. The highest BCUT2D eigenvalue weighted by atomic mass is 15.4. The summed E-state index contributed by atoms with van der Waals surface area (Å²) in [6.45, 7) is 7.86. The second-order valence-electron chi connectivity index (χ2n) is 6.20. The summed E-state index contributed by atoms with van der Waals surface area (Å²) >= 11 is 0. The number of fused-ring (bicyclic) bond motifs is 1. The largest absolute Gasteiger partial charge is 0.321 e. The molecule has 1 saturated heterocycles. The molecule has 5 nitrogen and oxygen atoms in total. The number of hydrogen-bond acceptors (Lipinski definition) is 4. The van der Waals surface area contributed by atoms with Gasteiger partial charge in [0, 0.05) is 18.5 Å². The molecule has 1 aromatic heterocycles. The second-order valence-corrected chi connectivity index (χ2v) is 6.20. The molecule has 2 aliphatic heterocycles. The Labute approximate surface area is 115 Å². The Kier molecular flexibility index (Phi) is 3.58. The smallest absolute Gasteiger partial charge is 0.154 e. The average Bonchev–Trinajstić information content (AvgIpc) is 2.84. The Balaban J connectivity index is 1.70. The molecule has 3 heterocycles. The van der Waals surface area contributed by atoms with E-state index in [-0.39, 0.29) is 6.04 Å². The number of piperidine rings is 1. The molecule has 0 spiro atoms. The number of rotatable bonds is 2. The van der Waals surface area contributed by atoms with Crippen LogP contribution in [0.1, 0.15) is 63.1 Å². The first kappa shape index (κ1) is 13.1. The van der Waals surface area contributed by atoms with E-state index in [0.29, 0.717) is 12.0 Å². The van der Waals surface area contributed by atoms with Gasteiger partial charge in [-0.15, -0.1) is 0 Å². The molecule has 1 atom stereocenters. The summed E-state index contributed by atoms with van der Waals surface area (Å²) in [6, 6.07) is 0.739. The van der Waals surface area contributed by atoms with Crippen molar-refractivity contribution >= 4 is 0 Å². The lowest BCUT2D eigenvalue weighted by Crippen LogP contribution is -2.38. The van der Waals surface area contributed by atoms with Gasteiger partial charge >= 0.3 is 0 Å². The van der Waals surface area contributed by atoms with Crippen molar-refractivity contribution in [3.05, 3.63) is 11.6 Å². The highest BCUT2D eigenvalue weighted by molar-refractivity contribution is 5.06. The van der Waals surface area contributed by atoms with Crippen LogP contribution < -0.4 is 5.73 Å². The molecule has 0 saturated carbocycles. The fraction of sp³-hybridized carbons (Fsp3) is 0.857. The van der Waals surface area contributed by atoms with Crippen molar-refractivity contribution in [2.24, 2.45) is 5.73 Å². The van der Waals surface area contributed by atoms with Crippen molar-refractivity contribution in [1.29, 1.82) is 0 Å². The maximum atomic E-state index is 6.12. The quantitative estimate of drug-likeness (QED) is 0.881. The van der Waals surface area contributed by atoms with E-state index in [4.69, 9.17) is 15.8 Å². The van der Waals surface area contributed by atoms with Gasteiger partial charge in [-0.3, -0.25) is 0 Å². The lowest BCUT2D eigenvalue weighted by atomic mass is 9.95. The van der Waals surface area contributed by atoms with E-state index in [1.165, 1.54) is 12.8 Å². The first-order valence-electron chi connectivity index (χ1n) is 7.59. The topological polar surface area (TPSA) is 60.0 Å². The third-order valence-corrected chi connectivity index (χ3v) is 4.56. The van der Waals surface area contributed by atoms with Crippen molar-refractivity contribution in [3.8, 4) is 0 Å². The fourth-order valence-electron chi connectivity index (χ4n) is 3.25. The van der Waals surface area contributed by atoms with Gasteiger partial charge in [0.2, 0.25) is 0 Å².